The molecule has 2 heterocycles. The number of aryl methyl sites for hydroxylation is 1. The van der Waals surface area contributed by atoms with E-state index >= 15 is 0 Å². The first-order valence-corrected chi connectivity index (χ1v) is 9.29. The van der Waals surface area contributed by atoms with Gasteiger partial charge in [-0.1, -0.05) is 29.4 Å². The minimum atomic E-state index is -3.93. The molecule has 0 aliphatic carbocycles. The topological polar surface area (TPSA) is 94.3 Å². The Balaban J connectivity index is 1.86. The average Bonchev–Trinajstić information content (AvgIpc) is 3.03. The molecule has 0 amide bonds. The van der Waals surface area contributed by atoms with Crippen molar-refractivity contribution in [2.45, 2.75) is 11.8 Å². The average molecular weight is 369 g/mol. The van der Waals surface area contributed by atoms with Crippen molar-refractivity contribution in [2.24, 2.45) is 0 Å². The maximum absolute atomic E-state index is 13.0. The van der Waals surface area contributed by atoms with Crippen LogP contribution >= 0.6 is 0 Å². The number of para-hydroxylation sites is 1. The summed E-state index contributed by atoms with van der Waals surface area (Å²) in [6, 6.07) is 13.8. The highest BCUT2D eigenvalue weighted by Crippen LogP contribution is 2.33. The van der Waals surface area contributed by atoms with Gasteiger partial charge in [-0.2, -0.15) is 0 Å². The van der Waals surface area contributed by atoms with Crippen molar-refractivity contribution in [2.75, 3.05) is 11.8 Å². The van der Waals surface area contributed by atoms with E-state index in [9.17, 15) is 8.42 Å². The molecule has 0 saturated heterocycles. The summed E-state index contributed by atoms with van der Waals surface area (Å²) in [5.74, 6) is 0.537. The Morgan fingerprint density at radius 3 is 2.69 bits per heavy atom. The maximum Gasteiger partial charge on any atom is 0.265 e. The Morgan fingerprint density at radius 1 is 1.08 bits per heavy atom. The predicted octanol–water partition coefficient (Wildman–Crippen LogP) is 3.49. The number of sulfonamides is 1. The van der Waals surface area contributed by atoms with Gasteiger partial charge in [0.15, 0.2) is 11.4 Å². The third-order valence-corrected chi connectivity index (χ3v) is 5.39. The van der Waals surface area contributed by atoms with Crippen LogP contribution in [-0.4, -0.2) is 25.7 Å². The van der Waals surface area contributed by atoms with Crippen LogP contribution in [0.3, 0.4) is 0 Å². The summed E-state index contributed by atoms with van der Waals surface area (Å²) in [4.78, 5) is 4.45. The molecule has 0 unspecified atom stereocenters. The zero-order valence-corrected chi connectivity index (χ0v) is 14.9. The molecular formula is C18H15N3O4S. The monoisotopic (exact) mass is 369 g/mol. The molecule has 4 aromatic rings. The number of rotatable bonds is 4. The van der Waals surface area contributed by atoms with Gasteiger partial charge in [0.05, 0.1) is 12.6 Å². The van der Waals surface area contributed by atoms with Gasteiger partial charge in [0, 0.05) is 11.1 Å². The lowest BCUT2D eigenvalue weighted by atomic mass is 10.2. The zero-order valence-electron chi connectivity index (χ0n) is 14.1. The second-order valence-electron chi connectivity index (χ2n) is 5.75. The minimum absolute atomic E-state index is 0.0714. The lowest BCUT2D eigenvalue weighted by Gasteiger charge is -2.09. The van der Waals surface area contributed by atoms with Gasteiger partial charge in [-0.15, -0.1) is 0 Å². The number of methoxy groups -OCH3 is 1. The van der Waals surface area contributed by atoms with Crippen LogP contribution in [0.15, 0.2) is 57.9 Å². The highest BCUT2D eigenvalue weighted by molar-refractivity contribution is 7.93. The summed E-state index contributed by atoms with van der Waals surface area (Å²) in [5.41, 5.74) is 1.56. The zero-order chi connectivity index (χ0) is 18.3. The molecular weight excluding hydrogens is 354 g/mol. The third-order valence-electron chi connectivity index (χ3n) is 4.02. The van der Waals surface area contributed by atoms with E-state index in [1.807, 2.05) is 25.1 Å². The quantitative estimate of drug-likeness (QED) is 0.592. The number of benzene rings is 2. The summed E-state index contributed by atoms with van der Waals surface area (Å²) in [6.45, 7) is 1.81. The molecule has 0 bridgehead atoms. The smallest absolute Gasteiger partial charge is 0.265 e. The van der Waals surface area contributed by atoms with Crippen LogP contribution in [0, 0.1) is 6.92 Å². The van der Waals surface area contributed by atoms with E-state index in [0.29, 0.717) is 22.2 Å². The maximum atomic E-state index is 13.0. The van der Waals surface area contributed by atoms with Crippen LogP contribution in [0.4, 0.5) is 5.82 Å². The van der Waals surface area contributed by atoms with Gasteiger partial charge < -0.3 is 9.26 Å². The Morgan fingerprint density at radius 2 is 1.88 bits per heavy atom. The number of ether oxygens (including phenoxy) is 1. The van der Waals surface area contributed by atoms with Crippen molar-refractivity contribution in [3.63, 3.8) is 0 Å². The molecule has 0 atom stereocenters. The molecule has 0 saturated carbocycles. The number of fused-ring (bicyclic) bond motifs is 2. The molecule has 0 spiro atoms. The summed E-state index contributed by atoms with van der Waals surface area (Å²) in [5, 5.41) is 5.04. The van der Waals surface area contributed by atoms with Gasteiger partial charge in [-0.3, -0.25) is 9.71 Å². The molecule has 0 fully saturated rings. The number of hydrogen-bond donors (Lipinski definition) is 1. The Labute approximate surface area is 149 Å². The number of aromatic nitrogens is 2. The number of hydrogen-bond acceptors (Lipinski definition) is 6. The molecule has 8 heteroatoms. The molecule has 2 aromatic heterocycles. The van der Waals surface area contributed by atoms with Crippen molar-refractivity contribution >= 4 is 37.7 Å². The van der Waals surface area contributed by atoms with Crippen LogP contribution in [0.25, 0.3) is 21.9 Å². The summed E-state index contributed by atoms with van der Waals surface area (Å²) in [6.07, 6.45) is 0. The van der Waals surface area contributed by atoms with E-state index in [1.54, 1.807) is 24.3 Å². The van der Waals surface area contributed by atoms with Crippen LogP contribution in [-0.2, 0) is 10.0 Å². The number of nitrogens with one attached hydrogen (secondary N) is 1. The first-order chi connectivity index (χ1) is 12.5. The third kappa shape index (κ3) is 2.64. The van der Waals surface area contributed by atoms with Gasteiger partial charge in [-0.25, -0.2) is 8.42 Å². The Hall–Kier alpha value is -3.13. The summed E-state index contributed by atoms with van der Waals surface area (Å²) >= 11 is 0. The van der Waals surface area contributed by atoms with Crippen LogP contribution in [0.5, 0.6) is 5.75 Å². The molecule has 26 heavy (non-hydrogen) atoms. The molecule has 0 radical (unpaired) electrons. The van der Waals surface area contributed by atoms with Crippen molar-refractivity contribution in [1.82, 2.24) is 10.1 Å². The van der Waals surface area contributed by atoms with Crippen molar-refractivity contribution < 1.29 is 17.7 Å². The Kier molecular flexibility index (Phi) is 3.77. The fourth-order valence-electron chi connectivity index (χ4n) is 2.82. The second-order valence-corrected chi connectivity index (χ2v) is 7.40. The number of anilines is 1. The summed E-state index contributed by atoms with van der Waals surface area (Å²) in [7, 11) is -2.44. The lowest BCUT2D eigenvalue weighted by molar-refractivity contribution is 0.419. The normalized spacial score (nSPS) is 11.8. The van der Waals surface area contributed by atoms with Gasteiger partial charge in [0.1, 0.15) is 16.0 Å². The first kappa shape index (κ1) is 16.3. The van der Waals surface area contributed by atoms with E-state index in [-0.39, 0.29) is 10.7 Å². The van der Waals surface area contributed by atoms with Gasteiger partial charge >= 0.3 is 0 Å². The van der Waals surface area contributed by atoms with E-state index < -0.39 is 10.0 Å². The minimum Gasteiger partial charge on any atom is -0.496 e. The number of nitrogens with zero attached hydrogens (tertiary/aromatic N) is 2. The molecule has 2 aromatic carbocycles. The summed E-state index contributed by atoms with van der Waals surface area (Å²) < 4.78 is 39.0. The molecule has 0 aliphatic rings. The molecule has 0 aliphatic heterocycles. The lowest BCUT2D eigenvalue weighted by Crippen LogP contribution is -2.14. The molecule has 7 nitrogen and oxygen atoms in total. The SMILES string of the molecule is COc1cccc2onc(NS(=O)(=O)c3cccc4ccc(C)nc34)c12. The van der Waals surface area contributed by atoms with Gasteiger partial charge in [0.25, 0.3) is 10.0 Å². The largest absolute Gasteiger partial charge is 0.496 e. The molecule has 132 valence electrons. The van der Waals surface area contributed by atoms with E-state index in [0.717, 1.165) is 11.1 Å². The van der Waals surface area contributed by atoms with E-state index in [1.165, 1.54) is 13.2 Å². The van der Waals surface area contributed by atoms with E-state index in [4.69, 9.17) is 9.26 Å². The van der Waals surface area contributed by atoms with Crippen molar-refractivity contribution in [3.8, 4) is 5.75 Å². The second kappa shape index (κ2) is 5.99. The van der Waals surface area contributed by atoms with Crippen LogP contribution in [0.2, 0.25) is 0 Å². The highest BCUT2D eigenvalue weighted by atomic mass is 32.2. The van der Waals surface area contributed by atoms with Crippen LogP contribution < -0.4 is 9.46 Å². The fraction of sp³-hybridized carbons (Fsp3) is 0.111. The first-order valence-electron chi connectivity index (χ1n) is 7.81. The van der Waals surface area contributed by atoms with Crippen LogP contribution in [0.1, 0.15) is 5.69 Å². The van der Waals surface area contributed by atoms with Crippen molar-refractivity contribution in [3.05, 3.63) is 54.2 Å². The fourth-order valence-corrected chi connectivity index (χ4v) is 4.00. The van der Waals surface area contributed by atoms with Crippen molar-refractivity contribution in [1.29, 1.82) is 0 Å². The predicted molar refractivity (Wildman–Crippen MR) is 97.8 cm³/mol. The van der Waals surface area contributed by atoms with E-state index in [2.05, 4.69) is 14.9 Å². The highest BCUT2D eigenvalue weighted by Gasteiger charge is 2.23. The molecule has 4 rings (SSSR count). The molecule has 1 N–H and O–H groups in total. The number of pyridine rings is 1. The standard InChI is InChI=1S/C18H15N3O4S/c1-11-9-10-12-5-3-8-15(17(12)19-11)26(22,23)21-18-16-13(24-2)6-4-7-14(16)25-20-18/h3-10H,1-2H3,(H,20,21). The van der Waals surface area contributed by atoms with Gasteiger partial charge in [-0.05, 0) is 31.2 Å². The van der Waals surface area contributed by atoms with Gasteiger partial charge in [0.2, 0.25) is 0 Å². The Bertz CT molecular complexity index is 1230.